The largest absolute Gasteiger partial charge is 0.466 e. The molecule has 3 fully saturated rings. The predicted molar refractivity (Wildman–Crippen MR) is 63.5 cm³/mol. The molecule has 1 heterocycles. The SMILES string of the molecule is COC(=O)/C=C1\CC[C@]2(C)CCCC[C@@]23O[C@@H]13. The van der Waals surface area contributed by atoms with E-state index in [-0.39, 0.29) is 17.7 Å². The monoisotopic (exact) mass is 236 g/mol. The van der Waals surface area contributed by atoms with Crippen LogP contribution in [0, 0.1) is 5.41 Å². The zero-order chi connectivity index (χ0) is 12.1. The van der Waals surface area contributed by atoms with E-state index < -0.39 is 0 Å². The Morgan fingerprint density at radius 2 is 2.18 bits per heavy atom. The minimum atomic E-state index is -0.245. The van der Waals surface area contributed by atoms with E-state index in [4.69, 9.17) is 9.47 Å². The second kappa shape index (κ2) is 3.58. The van der Waals surface area contributed by atoms with Gasteiger partial charge in [-0.05, 0) is 36.7 Å². The molecule has 94 valence electrons. The molecule has 3 heteroatoms. The van der Waals surface area contributed by atoms with Crippen molar-refractivity contribution in [1.82, 2.24) is 0 Å². The minimum absolute atomic E-state index is 0.0589. The molecule has 0 aromatic heterocycles. The molecule has 3 aliphatic rings. The maximum Gasteiger partial charge on any atom is 0.330 e. The first-order valence-corrected chi connectivity index (χ1v) is 6.58. The molecule has 2 aliphatic carbocycles. The molecule has 0 aromatic rings. The first kappa shape index (κ1) is 11.3. The molecular weight excluding hydrogens is 216 g/mol. The van der Waals surface area contributed by atoms with Crippen molar-refractivity contribution in [2.75, 3.05) is 7.11 Å². The average Bonchev–Trinajstić information content (AvgIpc) is 3.05. The zero-order valence-electron chi connectivity index (χ0n) is 10.6. The van der Waals surface area contributed by atoms with Crippen LogP contribution < -0.4 is 0 Å². The third kappa shape index (κ3) is 1.48. The molecule has 17 heavy (non-hydrogen) atoms. The Morgan fingerprint density at radius 1 is 1.41 bits per heavy atom. The number of hydrogen-bond donors (Lipinski definition) is 0. The number of rotatable bonds is 1. The summed E-state index contributed by atoms with van der Waals surface area (Å²) in [7, 11) is 1.43. The van der Waals surface area contributed by atoms with Crippen molar-refractivity contribution in [3.8, 4) is 0 Å². The lowest BCUT2D eigenvalue weighted by Crippen LogP contribution is -2.43. The van der Waals surface area contributed by atoms with E-state index in [1.807, 2.05) is 0 Å². The van der Waals surface area contributed by atoms with Crippen LogP contribution in [-0.4, -0.2) is 24.8 Å². The summed E-state index contributed by atoms with van der Waals surface area (Å²) in [4.78, 5) is 11.3. The van der Waals surface area contributed by atoms with Gasteiger partial charge in [0.15, 0.2) is 0 Å². The van der Waals surface area contributed by atoms with Crippen LogP contribution in [0.5, 0.6) is 0 Å². The summed E-state index contributed by atoms with van der Waals surface area (Å²) in [5.41, 5.74) is 1.54. The van der Waals surface area contributed by atoms with Crippen LogP contribution >= 0.6 is 0 Å². The van der Waals surface area contributed by atoms with E-state index in [9.17, 15) is 4.79 Å². The van der Waals surface area contributed by atoms with Crippen molar-refractivity contribution < 1.29 is 14.3 Å². The maximum atomic E-state index is 11.3. The smallest absolute Gasteiger partial charge is 0.330 e. The fraction of sp³-hybridized carbons (Fsp3) is 0.786. The van der Waals surface area contributed by atoms with Gasteiger partial charge in [0.05, 0.1) is 7.11 Å². The van der Waals surface area contributed by atoms with Gasteiger partial charge in [0.25, 0.3) is 0 Å². The Kier molecular flexibility index (Phi) is 2.37. The topological polar surface area (TPSA) is 38.8 Å². The number of hydrogen-bond acceptors (Lipinski definition) is 3. The normalized spacial score (nSPS) is 46.0. The van der Waals surface area contributed by atoms with Gasteiger partial charge in [-0.1, -0.05) is 19.8 Å². The standard InChI is InChI=1S/C14H20O3/c1-13-6-3-4-7-14(13)12(17-14)10(5-8-13)9-11(15)16-2/h9,12H,3-8H2,1-2H3/b10-9+/t12-,13-,14-/m0/s1. The van der Waals surface area contributed by atoms with Gasteiger partial charge in [-0.3, -0.25) is 0 Å². The van der Waals surface area contributed by atoms with E-state index in [2.05, 4.69) is 6.92 Å². The van der Waals surface area contributed by atoms with E-state index in [0.29, 0.717) is 5.41 Å². The molecule has 3 atom stereocenters. The quantitative estimate of drug-likeness (QED) is 0.399. The van der Waals surface area contributed by atoms with Gasteiger partial charge in [0.1, 0.15) is 11.7 Å². The summed E-state index contributed by atoms with van der Waals surface area (Å²) in [6.07, 6.45) is 8.99. The first-order valence-electron chi connectivity index (χ1n) is 6.58. The Hall–Kier alpha value is -0.830. The third-order valence-corrected chi connectivity index (χ3v) is 5.05. The number of ether oxygens (including phenoxy) is 2. The van der Waals surface area contributed by atoms with Crippen molar-refractivity contribution in [1.29, 1.82) is 0 Å². The lowest BCUT2D eigenvalue weighted by Gasteiger charge is -2.43. The Bertz CT molecular complexity index is 387. The highest BCUT2D eigenvalue weighted by atomic mass is 16.6. The molecule has 0 aromatic carbocycles. The summed E-state index contributed by atoms with van der Waals surface area (Å²) in [6.45, 7) is 2.36. The fourth-order valence-electron chi connectivity index (χ4n) is 3.86. The minimum Gasteiger partial charge on any atom is -0.466 e. The van der Waals surface area contributed by atoms with Gasteiger partial charge in [0, 0.05) is 6.08 Å². The summed E-state index contributed by atoms with van der Waals surface area (Å²) < 4.78 is 10.8. The molecule has 0 bridgehead atoms. The highest BCUT2D eigenvalue weighted by Gasteiger charge is 2.69. The van der Waals surface area contributed by atoms with Gasteiger partial charge in [-0.15, -0.1) is 0 Å². The van der Waals surface area contributed by atoms with Crippen LogP contribution in [0.15, 0.2) is 11.6 Å². The van der Waals surface area contributed by atoms with Crippen molar-refractivity contribution in [2.24, 2.45) is 5.41 Å². The molecule has 0 radical (unpaired) electrons. The summed E-state index contributed by atoms with van der Waals surface area (Å²) in [6, 6.07) is 0. The molecule has 0 N–H and O–H groups in total. The van der Waals surface area contributed by atoms with Crippen LogP contribution in [0.4, 0.5) is 0 Å². The zero-order valence-corrected chi connectivity index (χ0v) is 10.6. The predicted octanol–water partition coefficient (Wildman–Crippen LogP) is 2.60. The van der Waals surface area contributed by atoms with Gasteiger partial charge >= 0.3 is 5.97 Å². The average molecular weight is 236 g/mol. The number of carbonyl (C=O) groups is 1. The lowest BCUT2D eigenvalue weighted by atomic mass is 9.59. The lowest BCUT2D eigenvalue weighted by molar-refractivity contribution is -0.134. The molecule has 0 amide bonds. The second-order valence-corrected chi connectivity index (χ2v) is 5.90. The van der Waals surface area contributed by atoms with Gasteiger partial charge < -0.3 is 9.47 Å². The Morgan fingerprint density at radius 3 is 2.94 bits per heavy atom. The molecule has 3 rings (SSSR count). The van der Waals surface area contributed by atoms with Crippen molar-refractivity contribution >= 4 is 5.97 Å². The molecule has 3 nitrogen and oxygen atoms in total. The molecule has 0 unspecified atom stereocenters. The van der Waals surface area contributed by atoms with E-state index in [0.717, 1.165) is 24.8 Å². The van der Waals surface area contributed by atoms with Crippen molar-refractivity contribution in [3.05, 3.63) is 11.6 Å². The first-order chi connectivity index (χ1) is 8.11. The van der Waals surface area contributed by atoms with Gasteiger partial charge in [-0.2, -0.15) is 0 Å². The summed E-state index contributed by atoms with van der Waals surface area (Å²) >= 11 is 0. The third-order valence-electron chi connectivity index (χ3n) is 5.05. The van der Waals surface area contributed by atoms with Crippen LogP contribution in [0.3, 0.4) is 0 Å². The summed E-state index contributed by atoms with van der Waals surface area (Å²) in [5, 5.41) is 0. The number of esters is 1. The highest BCUT2D eigenvalue weighted by Crippen LogP contribution is 2.65. The Balaban J connectivity index is 1.85. The van der Waals surface area contributed by atoms with Gasteiger partial charge in [-0.25, -0.2) is 4.79 Å². The molecule has 2 saturated carbocycles. The fourth-order valence-corrected chi connectivity index (χ4v) is 3.86. The highest BCUT2D eigenvalue weighted by molar-refractivity contribution is 5.83. The van der Waals surface area contributed by atoms with Crippen molar-refractivity contribution in [2.45, 2.75) is 57.2 Å². The van der Waals surface area contributed by atoms with Gasteiger partial charge in [0.2, 0.25) is 0 Å². The molecule has 1 saturated heterocycles. The van der Waals surface area contributed by atoms with E-state index in [1.165, 1.54) is 26.4 Å². The van der Waals surface area contributed by atoms with Crippen LogP contribution in [-0.2, 0) is 14.3 Å². The number of methoxy groups -OCH3 is 1. The number of epoxide rings is 1. The molecule has 1 spiro atoms. The second-order valence-electron chi connectivity index (χ2n) is 5.90. The maximum absolute atomic E-state index is 11.3. The number of carbonyl (C=O) groups excluding carboxylic acids is 1. The molecular formula is C14H20O3. The van der Waals surface area contributed by atoms with Crippen molar-refractivity contribution in [3.63, 3.8) is 0 Å². The summed E-state index contributed by atoms with van der Waals surface area (Å²) in [5.74, 6) is -0.245. The molecule has 1 aliphatic heterocycles. The van der Waals surface area contributed by atoms with Crippen LogP contribution in [0.25, 0.3) is 0 Å². The van der Waals surface area contributed by atoms with Crippen LogP contribution in [0.2, 0.25) is 0 Å². The van der Waals surface area contributed by atoms with E-state index >= 15 is 0 Å². The van der Waals surface area contributed by atoms with E-state index in [1.54, 1.807) is 6.08 Å². The van der Waals surface area contributed by atoms with Crippen LogP contribution in [0.1, 0.15) is 45.4 Å². The Labute approximate surface area is 102 Å².